The zero-order valence-electron chi connectivity index (χ0n) is 12.0. The minimum Gasteiger partial charge on any atom is -0.378 e. The van der Waals surface area contributed by atoms with Gasteiger partial charge in [-0.15, -0.1) is 0 Å². The first-order valence-electron chi connectivity index (χ1n) is 7.06. The second-order valence-corrected chi connectivity index (χ2v) is 5.32. The molecule has 0 aliphatic carbocycles. The summed E-state index contributed by atoms with van der Waals surface area (Å²) in [5.41, 5.74) is 0.494. The van der Waals surface area contributed by atoms with E-state index in [1.165, 1.54) is 6.07 Å². The Hall–Kier alpha value is -1.69. The molecule has 0 radical (unpaired) electrons. The highest BCUT2D eigenvalue weighted by atomic mass is 16.6. The summed E-state index contributed by atoms with van der Waals surface area (Å²) >= 11 is 0. The third-order valence-electron chi connectivity index (χ3n) is 3.59. The van der Waals surface area contributed by atoms with Crippen LogP contribution < -0.4 is 5.32 Å². The molecule has 1 N–H and O–H groups in total. The summed E-state index contributed by atoms with van der Waals surface area (Å²) in [6, 6.07) is 3.43. The maximum Gasteiger partial charge on any atom is 0.290 e. The van der Waals surface area contributed by atoms with Gasteiger partial charge < -0.3 is 10.1 Å². The number of nitro groups is 1. The van der Waals surface area contributed by atoms with E-state index >= 15 is 0 Å². The Labute approximate surface area is 118 Å². The van der Waals surface area contributed by atoms with Gasteiger partial charge >= 0.3 is 0 Å². The van der Waals surface area contributed by atoms with Gasteiger partial charge in [-0.1, -0.05) is 0 Å². The van der Waals surface area contributed by atoms with E-state index < -0.39 is 4.92 Å². The molecular formula is C14H21N3O3. The van der Waals surface area contributed by atoms with Gasteiger partial charge in [-0.3, -0.25) is 10.1 Å². The molecule has 2 heterocycles. The van der Waals surface area contributed by atoms with Crippen molar-refractivity contribution in [3.05, 3.63) is 27.9 Å². The number of pyridine rings is 1. The number of ether oxygens (including phenoxy) is 1. The van der Waals surface area contributed by atoms with Crippen LogP contribution in [0.3, 0.4) is 0 Å². The average Bonchev–Trinajstić information content (AvgIpc) is 2.89. The average molecular weight is 279 g/mol. The lowest BCUT2D eigenvalue weighted by Gasteiger charge is -2.17. The number of hydrogen-bond donors (Lipinski definition) is 1. The van der Waals surface area contributed by atoms with Gasteiger partial charge in [-0.25, -0.2) is 4.98 Å². The molecule has 0 aromatic carbocycles. The smallest absolute Gasteiger partial charge is 0.290 e. The van der Waals surface area contributed by atoms with Crippen molar-refractivity contribution in [3.8, 4) is 0 Å². The van der Waals surface area contributed by atoms with E-state index in [4.69, 9.17) is 4.74 Å². The summed E-state index contributed by atoms with van der Waals surface area (Å²) in [4.78, 5) is 14.6. The molecule has 110 valence electrons. The third kappa shape index (κ3) is 3.90. The van der Waals surface area contributed by atoms with Crippen LogP contribution in [0.5, 0.6) is 0 Å². The Bertz CT molecular complexity index is 473. The van der Waals surface area contributed by atoms with Gasteiger partial charge in [0.25, 0.3) is 5.69 Å². The molecule has 20 heavy (non-hydrogen) atoms. The molecule has 1 fully saturated rings. The van der Waals surface area contributed by atoms with Crippen LogP contribution in [0.25, 0.3) is 0 Å². The first-order valence-corrected chi connectivity index (χ1v) is 7.06. The Kier molecular flexibility index (Phi) is 4.89. The zero-order chi connectivity index (χ0) is 14.5. The number of aryl methyl sites for hydroxylation is 1. The van der Waals surface area contributed by atoms with Gasteiger partial charge in [0.15, 0.2) is 0 Å². The standard InChI is InChI=1S/C14H21N3O3/c1-10(5-6-12-4-3-9-20-12)15-14-8-7-13(17(18)19)11(2)16-14/h7-8,10,12H,3-6,9H2,1-2H3,(H,15,16)/t10-,12-/m0/s1. The summed E-state index contributed by atoms with van der Waals surface area (Å²) in [6.45, 7) is 4.63. The van der Waals surface area contributed by atoms with Gasteiger partial charge in [0.1, 0.15) is 11.5 Å². The molecule has 0 saturated carbocycles. The lowest BCUT2D eigenvalue weighted by molar-refractivity contribution is -0.385. The van der Waals surface area contributed by atoms with Crippen molar-refractivity contribution >= 4 is 11.5 Å². The summed E-state index contributed by atoms with van der Waals surface area (Å²) in [6.07, 6.45) is 4.76. The molecule has 1 saturated heterocycles. The van der Waals surface area contributed by atoms with Gasteiger partial charge in [-0.05, 0) is 45.6 Å². The highest BCUT2D eigenvalue weighted by Gasteiger charge is 2.17. The minimum absolute atomic E-state index is 0.0579. The van der Waals surface area contributed by atoms with Gasteiger partial charge in [0.05, 0.1) is 11.0 Å². The Balaban J connectivity index is 1.85. The molecule has 6 heteroatoms. The summed E-state index contributed by atoms with van der Waals surface area (Å²) in [7, 11) is 0. The Morgan fingerprint density at radius 2 is 2.40 bits per heavy atom. The van der Waals surface area contributed by atoms with Gasteiger partial charge in [0.2, 0.25) is 0 Å². The molecule has 0 amide bonds. The first-order chi connectivity index (χ1) is 9.56. The molecular weight excluding hydrogens is 258 g/mol. The van der Waals surface area contributed by atoms with Crippen molar-refractivity contribution in [3.63, 3.8) is 0 Å². The monoisotopic (exact) mass is 279 g/mol. The van der Waals surface area contributed by atoms with Gasteiger partial charge in [0, 0.05) is 18.7 Å². The van der Waals surface area contributed by atoms with E-state index in [0.717, 1.165) is 32.3 Å². The first kappa shape index (κ1) is 14.7. The Morgan fingerprint density at radius 3 is 3.00 bits per heavy atom. The fraction of sp³-hybridized carbons (Fsp3) is 0.643. The molecule has 1 aliphatic heterocycles. The van der Waals surface area contributed by atoms with Crippen LogP contribution in [0.4, 0.5) is 11.5 Å². The second kappa shape index (κ2) is 6.65. The van der Waals surface area contributed by atoms with Crippen molar-refractivity contribution < 1.29 is 9.66 Å². The van der Waals surface area contributed by atoms with Gasteiger partial charge in [-0.2, -0.15) is 0 Å². The zero-order valence-corrected chi connectivity index (χ0v) is 12.0. The fourth-order valence-corrected chi connectivity index (χ4v) is 2.46. The van der Waals surface area contributed by atoms with Crippen LogP contribution in [-0.2, 0) is 4.74 Å². The number of rotatable bonds is 6. The third-order valence-corrected chi connectivity index (χ3v) is 3.59. The quantitative estimate of drug-likeness (QED) is 0.639. The van der Waals surface area contributed by atoms with E-state index in [1.807, 2.05) is 0 Å². The summed E-state index contributed by atoms with van der Waals surface area (Å²) < 4.78 is 5.60. The number of hydrogen-bond acceptors (Lipinski definition) is 5. The van der Waals surface area contributed by atoms with E-state index in [-0.39, 0.29) is 11.7 Å². The number of nitrogens with zero attached hydrogens (tertiary/aromatic N) is 2. The predicted octanol–water partition coefficient (Wildman–Crippen LogP) is 3.06. The van der Waals surface area contributed by atoms with Crippen molar-refractivity contribution in [2.24, 2.45) is 0 Å². The minimum atomic E-state index is -0.410. The number of aromatic nitrogens is 1. The fourth-order valence-electron chi connectivity index (χ4n) is 2.46. The maximum absolute atomic E-state index is 10.7. The summed E-state index contributed by atoms with van der Waals surface area (Å²) in [5.74, 6) is 0.688. The SMILES string of the molecule is Cc1nc(N[C@@H](C)CC[C@@H]2CCCO2)ccc1[N+](=O)[O-]. The summed E-state index contributed by atoms with van der Waals surface area (Å²) in [5, 5.41) is 14.0. The molecule has 1 aromatic rings. The van der Waals surface area contributed by atoms with Crippen LogP contribution in [0.15, 0.2) is 12.1 Å². The normalized spacial score (nSPS) is 19.8. The molecule has 2 rings (SSSR count). The van der Waals surface area contributed by atoms with Crippen LogP contribution >= 0.6 is 0 Å². The largest absolute Gasteiger partial charge is 0.378 e. The topological polar surface area (TPSA) is 77.3 Å². The van der Waals surface area contributed by atoms with Crippen LogP contribution in [0.2, 0.25) is 0 Å². The lowest BCUT2D eigenvalue weighted by Crippen LogP contribution is -2.19. The highest BCUT2D eigenvalue weighted by Crippen LogP contribution is 2.21. The van der Waals surface area contributed by atoms with Crippen molar-refractivity contribution in [2.45, 2.75) is 51.7 Å². The molecule has 0 unspecified atom stereocenters. The maximum atomic E-state index is 10.7. The van der Waals surface area contributed by atoms with E-state index in [9.17, 15) is 10.1 Å². The van der Waals surface area contributed by atoms with E-state index in [2.05, 4.69) is 17.2 Å². The molecule has 2 atom stereocenters. The predicted molar refractivity (Wildman–Crippen MR) is 76.9 cm³/mol. The molecule has 0 bridgehead atoms. The van der Waals surface area contributed by atoms with Crippen molar-refractivity contribution in [1.29, 1.82) is 0 Å². The number of anilines is 1. The van der Waals surface area contributed by atoms with Crippen molar-refractivity contribution in [2.75, 3.05) is 11.9 Å². The van der Waals surface area contributed by atoms with Crippen LogP contribution in [0, 0.1) is 17.0 Å². The molecule has 6 nitrogen and oxygen atoms in total. The van der Waals surface area contributed by atoms with E-state index in [0.29, 0.717) is 17.6 Å². The van der Waals surface area contributed by atoms with E-state index in [1.54, 1.807) is 13.0 Å². The second-order valence-electron chi connectivity index (χ2n) is 5.32. The highest BCUT2D eigenvalue weighted by molar-refractivity contribution is 5.45. The lowest BCUT2D eigenvalue weighted by atomic mass is 10.1. The molecule has 1 aromatic heterocycles. The van der Waals surface area contributed by atoms with Crippen LogP contribution in [0.1, 0.15) is 38.3 Å². The van der Waals surface area contributed by atoms with Crippen molar-refractivity contribution in [1.82, 2.24) is 4.98 Å². The molecule has 1 aliphatic rings. The molecule has 0 spiro atoms. The Morgan fingerprint density at radius 1 is 1.60 bits per heavy atom. The van der Waals surface area contributed by atoms with Crippen LogP contribution in [-0.4, -0.2) is 28.7 Å². The number of nitrogens with one attached hydrogen (secondary N) is 1.